The third-order valence-electron chi connectivity index (χ3n) is 2.77. The predicted molar refractivity (Wildman–Crippen MR) is 69.9 cm³/mol. The molecular weight excluding hydrogens is 212 g/mol. The van der Waals surface area contributed by atoms with Crippen LogP contribution in [0, 0.1) is 0 Å². The van der Waals surface area contributed by atoms with Gasteiger partial charge in [0.1, 0.15) is 6.17 Å². The van der Waals surface area contributed by atoms with Crippen LogP contribution < -0.4 is 10.6 Å². The van der Waals surface area contributed by atoms with Gasteiger partial charge in [-0.15, -0.1) is 0 Å². The lowest BCUT2D eigenvalue weighted by atomic mass is 10.1. The van der Waals surface area contributed by atoms with Crippen molar-refractivity contribution >= 4 is 11.6 Å². The van der Waals surface area contributed by atoms with Gasteiger partial charge in [-0.05, 0) is 31.6 Å². The third-order valence-corrected chi connectivity index (χ3v) is 2.77. The van der Waals surface area contributed by atoms with Crippen molar-refractivity contribution in [2.75, 3.05) is 5.32 Å². The van der Waals surface area contributed by atoms with Gasteiger partial charge >= 0.3 is 0 Å². The highest BCUT2D eigenvalue weighted by Gasteiger charge is 2.23. The summed E-state index contributed by atoms with van der Waals surface area (Å²) < 4.78 is 0. The molecule has 0 saturated carbocycles. The second-order valence-electron chi connectivity index (χ2n) is 3.89. The molecule has 1 amide bonds. The number of hydrogen-bond donors (Lipinski definition) is 2. The van der Waals surface area contributed by atoms with E-state index in [1.807, 2.05) is 56.3 Å². The van der Waals surface area contributed by atoms with Crippen LogP contribution in [0.3, 0.4) is 0 Å². The number of carbonyl (C=O) groups is 1. The number of allylic oxidation sites excluding steroid dienone is 2. The van der Waals surface area contributed by atoms with Crippen molar-refractivity contribution in [3.63, 3.8) is 0 Å². The molecule has 1 aromatic rings. The first-order valence-electron chi connectivity index (χ1n) is 5.71. The van der Waals surface area contributed by atoms with Crippen molar-refractivity contribution in [1.82, 2.24) is 5.32 Å². The summed E-state index contributed by atoms with van der Waals surface area (Å²) >= 11 is 0. The summed E-state index contributed by atoms with van der Waals surface area (Å²) in [6.45, 7) is 3.92. The van der Waals surface area contributed by atoms with Crippen molar-refractivity contribution in [3.8, 4) is 0 Å². The molecule has 2 N–H and O–H groups in total. The highest BCUT2D eigenvalue weighted by Crippen LogP contribution is 2.22. The van der Waals surface area contributed by atoms with Crippen LogP contribution in [0.15, 0.2) is 48.1 Å². The van der Waals surface area contributed by atoms with Crippen molar-refractivity contribution in [3.05, 3.63) is 53.6 Å². The smallest absolute Gasteiger partial charge is 0.255 e. The Bertz CT molecular complexity index is 489. The zero-order valence-electron chi connectivity index (χ0n) is 10.0. The van der Waals surface area contributed by atoms with E-state index < -0.39 is 0 Å². The Labute approximate surface area is 101 Å². The zero-order chi connectivity index (χ0) is 12.3. The Hall–Kier alpha value is -2.03. The highest BCUT2D eigenvalue weighted by molar-refractivity contribution is 6.01. The molecule has 0 fully saturated rings. The van der Waals surface area contributed by atoms with Gasteiger partial charge in [-0.3, -0.25) is 4.79 Å². The molecule has 0 saturated heterocycles. The maximum absolute atomic E-state index is 11.9. The van der Waals surface area contributed by atoms with Crippen LogP contribution in [-0.2, 0) is 0 Å². The molecule has 1 atom stereocenters. The van der Waals surface area contributed by atoms with Gasteiger partial charge in [-0.1, -0.05) is 30.4 Å². The average Bonchev–Trinajstić information content (AvgIpc) is 2.36. The molecule has 1 aromatic carbocycles. The van der Waals surface area contributed by atoms with Gasteiger partial charge in [-0.2, -0.15) is 0 Å². The molecule has 1 aliphatic heterocycles. The van der Waals surface area contributed by atoms with Crippen molar-refractivity contribution in [2.45, 2.75) is 20.0 Å². The number of nitrogens with one attached hydrogen (secondary N) is 2. The maximum atomic E-state index is 11.9. The summed E-state index contributed by atoms with van der Waals surface area (Å²) in [7, 11) is 0. The van der Waals surface area contributed by atoms with E-state index in [-0.39, 0.29) is 12.1 Å². The first-order chi connectivity index (χ1) is 8.26. The highest BCUT2D eigenvalue weighted by atomic mass is 16.2. The Morgan fingerprint density at radius 3 is 2.71 bits per heavy atom. The van der Waals surface area contributed by atoms with Gasteiger partial charge in [0.2, 0.25) is 0 Å². The minimum absolute atomic E-state index is 0.0341. The van der Waals surface area contributed by atoms with E-state index in [4.69, 9.17) is 0 Å². The fourth-order valence-corrected chi connectivity index (χ4v) is 1.93. The van der Waals surface area contributed by atoms with Crippen molar-refractivity contribution in [1.29, 1.82) is 0 Å². The number of para-hydroxylation sites is 1. The van der Waals surface area contributed by atoms with Crippen LogP contribution in [-0.4, -0.2) is 12.1 Å². The molecule has 0 aliphatic carbocycles. The molecule has 0 aromatic heterocycles. The van der Waals surface area contributed by atoms with Crippen LogP contribution in [0.4, 0.5) is 5.69 Å². The van der Waals surface area contributed by atoms with Gasteiger partial charge in [0.05, 0.1) is 5.56 Å². The van der Waals surface area contributed by atoms with E-state index >= 15 is 0 Å². The molecule has 88 valence electrons. The zero-order valence-corrected chi connectivity index (χ0v) is 10.0. The van der Waals surface area contributed by atoms with Crippen LogP contribution in [0.2, 0.25) is 0 Å². The lowest BCUT2D eigenvalue weighted by Crippen LogP contribution is -2.45. The number of hydrogen-bond acceptors (Lipinski definition) is 2. The number of amides is 1. The second kappa shape index (κ2) is 4.87. The number of carbonyl (C=O) groups excluding carboxylic acids is 1. The van der Waals surface area contributed by atoms with Crippen molar-refractivity contribution < 1.29 is 4.79 Å². The van der Waals surface area contributed by atoms with Crippen molar-refractivity contribution in [2.24, 2.45) is 0 Å². The van der Waals surface area contributed by atoms with Gasteiger partial charge < -0.3 is 10.6 Å². The first kappa shape index (κ1) is 11.5. The number of fused-ring (bicyclic) bond motifs is 1. The Morgan fingerprint density at radius 1 is 1.24 bits per heavy atom. The quantitative estimate of drug-likeness (QED) is 0.764. The molecular formula is C14H16N2O. The van der Waals surface area contributed by atoms with Gasteiger partial charge in [0, 0.05) is 5.69 Å². The van der Waals surface area contributed by atoms with E-state index in [9.17, 15) is 4.79 Å². The van der Waals surface area contributed by atoms with E-state index in [2.05, 4.69) is 10.6 Å². The molecule has 1 heterocycles. The molecule has 1 aliphatic rings. The van der Waals surface area contributed by atoms with Gasteiger partial charge in [-0.25, -0.2) is 0 Å². The molecule has 0 bridgehead atoms. The average molecular weight is 228 g/mol. The fourth-order valence-electron chi connectivity index (χ4n) is 1.93. The summed E-state index contributed by atoms with van der Waals surface area (Å²) in [6, 6.07) is 7.53. The van der Waals surface area contributed by atoms with E-state index in [0.29, 0.717) is 5.56 Å². The minimum Gasteiger partial charge on any atom is -0.361 e. The number of anilines is 1. The molecule has 17 heavy (non-hydrogen) atoms. The molecule has 3 nitrogen and oxygen atoms in total. The summed E-state index contributed by atoms with van der Waals surface area (Å²) in [6.07, 6.45) is 5.79. The normalized spacial score (nSPS) is 19.8. The first-order valence-corrected chi connectivity index (χ1v) is 5.71. The monoisotopic (exact) mass is 228 g/mol. The lowest BCUT2D eigenvalue weighted by molar-refractivity contribution is 0.0942. The van der Waals surface area contributed by atoms with E-state index in [0.717, 1.165) is 11.3 Å². The largest absolute Gasteiger partial charge is 0.361 e. The predicted octanol–water partition coefficient (Wildman–Crippen LogP) is 2.69. The fraction of sp³-hybridized carbons (Fsp3) is 0.214. The topological polar surface area (TPSA) is 41.1 Å². The Morgan fingerprint density at radius 2 is 2.00 bits per heavy atom. The number of benzene rings is 1. The molecule has 0 spiro atoms. The van der Waals surface area contributed by atoms with Crippen LogP contribution in [0.5, 0.6) is 0 Å². The van der Waals surface area contributed by atoms with Crippen LogP contribution in [0.1, 0.15) is 24.2 Å². The molecule has 2 rings (SSSR count). The van der Waals surface area contributed by atoms with E-state index in [1.165, 1.54) is 0 Å². The van der Waals surface area contributed by atoms with Gasteiger partial charge in [0.25, 0.3) is 5.91 Å². The van der Waals surface area contributed by atoms with Crippen LogP contribution >= 0.6 is 0 Å². The summed E-state index contributed by atoms with van der Waals surface area (Å²) in [5, 5.41) is 6.25. The molecule has 0 radical (unpaired) electrons. The van der Waals surface area contributed by atoms with Gasteiger partial charge in [0.15, 0.2) is 0 Å². The molecule has 3 heteroatoms. The number of rotatable bonds is 2. The summed E-state index contributed by atoms with van der Waals surface area (Å²) in [5.74, 6) is -0.0341. The summed E-state index contributed by atoms with van der Waals surface area (Å²) in [4.78, 5) is 11.9. The minimum atomic E-state index is -0.154. The maximum Gasteiger partial charge on any atom is 0.255 e. The Kier molecular flexibility index (Phi) is 3.28. The lowest BCUT2D eigenvalue weighted by Gasteiger charge is -2.28. The SMILES string of the molecule is C/C=C\C(=C/C)C1NC(=O)c2ccccc2N1. The molecule has 1 unspecified atom stereocenters. The Balaban J connectivity index is 2.31. The second-order valence-corrected chi connectivity index (χ2v) is 3.89. The third kappa shape index (κ3) is 2.23. The van der Waals surface area contributed by atoms with Crippen LogP contribution in [0.25, 0.3) is 0 Å². The van der Waals surface area contributed by atoms with E-state index in [1.54, 1.807) is 0 Å². The standard InChI is InChI=1S/C14H16N2O/c1-3-7-10(4-2)13-15-12-9-6-5-8-11(12)14(17)16-13/h3-9,13,15H,1-2H3,(H,16,17)/b7-3-,10-4+. The summed E-state index contributed by atoms with van der Waals surface area (Å²) in [5.41, 5.74) is 2.63.